The fourth-order valence-corrected chi connectivity index (χ4v) is 17.9. The van der Waals surface area contributed by atoms with Crippen molar-refractivity contribution < 1.29 is 134 Å². The molecule has 0 aromatic carbocycles. The van der Waals surface area contributed by atoms with Crippen molar-refractivity contribution in [2.75, 3.05) is 26.4 Å². The summed E-state index contributed by atoms with van der Waals surface area (Å²) in [5.74, 6) is -0.611. The van der Waals surface area contributed by atoms with Crippen LogP contribution in [0, 0.1) is 50.2 Å². The molecule has 10 aliphatic rings. The monoisotopic (exact) mass is 1250 g/mol. The molecule has 0 aromatic heterocycles. The third-order valence-corrected chi connectivity index (χ3v) is 23.5. The SMILES string of the molecule is CC1OC(OC2C(CO)OC(OCC3OC(OC(=O)C45CCC(C)(C)CC4C4=CCC6C7(C)CCC(OC8OC(CO)C(O)C(OC9OC(CO)C(O)C(O)C9O)C8O)C(C)(C)C7CCC6(C)C4(C)CC5)C(O)C(O)C3O)C(O)C2O)C(O)C(O)C1O. The molecule has 9 fully saturated rings. The number of aliphatic hydroxyl groups excluding tert-OH is 16. The van der Waals surface area contributed by atoms with Crippen LogP contribution in [-0.2, 0) is 52.2 Å². The van der Waals surface area contributed by atoms with E-state index >= 15 is 4.79 Å². The number of hydrogen-bond donors (Lipinski definition) is 16. The number of carbonyl (C=O) groups is 1. The third-order valence-electron chi connectivity index (χ3n) is 23.5. The fourth-order valence-electron chi connectivity index (χ4n) is 17.9. The van der Waals surface area contributed by atoms with Gasteiger partial charge in [0.15, 0.2) is 25.2 Å². The molecular formula is C60H98O27. The Kier molecular flexibility index (Phi) is 19.7. The Morgan fingerprint density at radius 3 is 1.68 bits per heavy atom. The Balaban J connectivity index is 0.821. The van der Waals surface area contributed by atoms with Gasteiger partial charge in [0.1, 0.15) is 116 Å². The van der Waals surface area contributed by atoms with Gasteiger partial charge in [-0.05, 0) is 116 Å². The van der Waals surface area contributed by atoms with Gasteiger partial charge >= 0.3 is 5.97 Å². The molecule has 27 nitrogen and oxygen atoms in total. The zero-order valence-electron chi connectivity index (χ0n) is 50.9. The minimum atomic E-state index is -1.90. The quantitative estimate of drug-likeness (QED) is 0.0463. The molecule has 0 amide bonds. The van der Waals surface area contributed by atoms with Crippen LogP contribution in [0.15, 0.2) is 11.6 Å². The highest BCUT2D eigenvalue weighted by molar-refractivity contribution is 5.79. The van der Waals surface area contributed by atoms with Gasteiger partial charge in [-0.15, -0.1) is 0 Å². The molecule has 0 aromatic rings. The highest BCUT2D eigenvalue weighted by atomic mass is 16.8. The molecule has 33 unspecified atom stereocenters. The van der Waals surface area contributed by atoms with Gasteiger partial charge < -0.3 is 129 Å². The molecule has 33 atom stereocenters. The van der Waals surface area contributed by atoms with E-state index < -0.39 is 203 Å². The number of ether oxygens (including phenoxy) is 10. The summed E-state index contributed by atoms with van der Waals surface area (Å²) >= 11 is 0. The zero-order valence-corrected chi connectivity index (χ0v) is 50.9. The molecule has 4 saturated carbocycles. The van der Waals surface area contributed by atoms with E-state index in [0.717, 1.165) is 25.7 Å². The molecule has 16 N–H and O–H groups in total. The van der Waals surface area contributed by atoms with E-state index in [1.807, 2.05) is 0 Å². The first-order valence-electron chi connectivity index (χ1n) is 31.2. The van der Waals surface area contributed by atoms with E-state index in [0.29, 0.717) is 38.5 Å². The number of carbonyl (C=O) groups excluding carboxylic acids is 1. The second kappa shape index (κ2) is 25.2. The zero-order chi connectivity index (χ0) is 63.6. The number of rotatable bonds is 14. The van der Waals surface area contributed by atoms with Crippen molar-refractivity contribution in [2.45, 2.75) is 279 Å². The first-order chi connectivity index (χ1) is 40.7. The summed E-state index contributed by atoms with van der Waals surface area (Å²) in [5, 5.41) is 172. The van der Waals surface area contributed by atoms with Gasteiger partial charge in [-0.3, -0.25) is 4.79 Å². The van der Waals surface area contributed by atoms with Crippen LogP contribution in [0.5, 0.6) is 0 Å². The number of fused-ring (bicyclic) bond motifs is 7. The first-order valence-corrected chi connectivity index (χ1v) is 31.2. The predicted molar refractivity (Wildman–Crippen MR) is 294 cm³/mol. The van der Waals surface area contributed by atoms with Crippen molar-refractivity contribution >= 4 is 5.97 Å². The van der Waals surface area contributed by atoms with Crippen LogP contribution in [0.2, 0.25) is 0 Å². The van der Waals surface area contributed by atoms with Crippen LogP contribution in [0.25, 0.3) is 0 Å². The molecule has 5 aliphatic heterocycles. The average molecular weight is 1250 g/mol. The maximum atomic E-state index is 15.2. The highest BCUT2D eigenvalue weighted by Gasteiger charge is 2.70. The summed E-state index contributed by atoms with van der Waals surface area (Å²) < 4.78 is 59.1. The predicted octanol–water partition coefficient (Wildman–Crippen LogP) is -3.18. The van der Waals surface area contributed by atoms with E-state index in [9.17, 15) is 81.7 Å². The number of allylic oxidation sites excluding steroid dienone is 2. The Morgan fingerprint density at radius 1 is 0.506 bits per heavy atom. The van der Waals surface area contributed by atoms with Gasteiger partial charge in [0.05, 0.1) is 44.1 Å². The van der Waals surface area contributed by atoms with Gasteiger partial charge in [0.25, 0.3) is 0 Å². The maximum Gasteiger partial charge on any atom is 0.315 e. The van der Waals surface area contributed by atoms with Crippen LogP contribution in [0.1, 0.15) is 120 Å². The van der Waals surface area contributed by atoms with Crippen LogP contribution < -0.4 is 0 Å². The Morgan fingerprint density at radius 2 is 1.03 bits per heavy atom. The second-order valence-electron chi connectivity index (χ2n) is 29.1. The standard InChI is InChI=1S/C60H98O27/c1-24-34(64)38(68)42(72)50(79-24)85-47-29(22-63)82-49(45(75)41(47)71)78-23-30-36(66)40(70)44(74)52(83-30)87-54(77)60-17-15-55(2,3)19-26(60)25-9-10-32-57(6)13-12-33(56(4,5)31(57)11-14-59(32,8)58(25,7)16-18-60)84-53-46(76)48(37(67)28(21-62)81-53)86-51-43(73)39(69)35(65)27(20-61)80-51/h9,24,26-53,61-76H,10-23H2,1-8H3. The van der Waals surface area contributed by atoms with Crippen molar-refractivity contribution in [3.8, 4) is 0 Å². The van der Waals surface area contributed by atoms with Crippen molar-refractivity contribution in [2.24, 2.45) is 50.2 Å². The summed E-state index contributed by atoms with van der Waals surface area (Å²) in [6, 6.07) is 0. The van der Waals surface area contributed by atoms with E-state index in [1.165, 1.54) is 12.5 Å². The third kappa shape index (κ3) is 11.5. The molecule has 0 spiro atoms. The van der Waals surface area contributed by atoms with Crippen molar-refractivity contribution in [1.29, 1.82) is 0 Å². The highest BCUT2D eigenvalue weighted by Crippen LogP contribution is 2.76. The lowest BCUT2D eigenvalue weighted by atomic mass is 9.33. The molecule has 5 heterocycles. The normalized spacial score (nSPS) is 54.0. The first kappa shape index (κ1) is 68.1. The van der Waals surface area contributed by atoms with Gasteiger partial charge in [0.2, 0.25) is 6.29 Å². The van der Waals surface area contributed by atoms with Gasteiger partial charge in [-0.25, -0.2) is 0 Å². The molecule has 10 rings (SSSR count). The smallest absolute Gasteiger partial charge is 0.315 e. The minimum absolute atomic E-state index is 0.101. The lowest BCUT2D eigenvalue weighted by Crippen LogP contribution is -2.67. The largest absolute Gasteiger partial charge is 0.432 e. The van der Waals surface area contributed by atoms with Crippen LogP contribution in [0.4, 0.5) is 0 Å². The molecule has 5 aliphatic carbocycles. The summed E-state index contributed by atoms with van der Waals surface area (Å²) in [4.78, 5) is 15.2. The minimum Gasteiger partial charge on any atom is -0.432 e. The van der Waals surface area contributed by atoms with Crippen molar-refractivity contribution in [3.63, 3.8) is 0 Å². The number of hydrogen-bond acceptors (Lipinski definition) is 27. The number of aliphatic hydroxyl groups is 16. The maximum absolute atomic E-state index is 15.2. The van der Waals surface area contributed by atoms with Crippen LogP contribution in [0.3, 0.4) is 0 Å². The number of esters is 1. The summed E-state index contributed by atoms with van der Waals surface area (Å²) in [6.07, 6.45) is -32.2. The van der Waals surface area contributed by atoms with Crippen LogP contribution >= 0.6 is 0 Å². The van der Waals surface area contributed by atoms with Gasteiger partial charge in [0, 0.05) is 0 Å². The molecule has 87 heavy (non-hydrogen) atoms. The molecule has 0 radical (unpaired) electrons. The summed E-state index contributed by atoms with van der Waals surface area (Å²) in [6.45, 7) is 14.4. The fraction of sp³-hybridized carbons (Fsp3) is 0.950. The molecule has 500 valence electrons. The molecular weight excluding hydrogens is 1150 g/mol. The Labute approximate surface area is 506 Å². The van der Waals surface area contributed by atoms with Gasteiger partial charge in [-0.1, -0.05) is 60.1 Å². The topological polar surface area (TPSA) is 433 Å². The van der Waals surface area contributed by atoms with Gasteiger partial charge in [-0.2, -0.15) is 0 Å². The second-order valence-corrected chi connectivity index (χ2v) is 29.1. The summed E-state index contributed by atoms with van der Waals surface area (Å²) in [7, 11) is 0. The Bertz CT molecular complexity index is 2420. The van der Waals surface area contributed by atoms with E-state index in [4.69, 9.17) is 47.4 Å². The average Bonchev–Trinajstić information content (AvgIpc) is 0.801. The lowest BCUT2D eigenvalue weighted by molar-refractivity contribution is -0.369. The molecule has 27 heteroatoms. The van der Waals surface area contributed by atoms with Crippen molar-refractivity contribution in [3.05, 3.63) is 11.6 Å². The van der Waals surface area contributed by atoms with Crippen molar-refractivity contribution in [1.82, 2.24) is 0 Å². The van der Waals surface area contributed by atoms with E-state index in [1.54, 1.807) is 0 Å². The Hall–Kier alpha value is -1.79. The van der Waals surface area contributed by atoms with E-state index in [-0.39, 0.29) is 39.4 Å². The van der Waals surface area contributed by atoms with E-state index in [2.05, 4.69) is 54.5 Å². The molecule has 5 saturated heterocycles. The molecule has 0 bridgehead atoms. The summed E-state index contributed by atoms with van der Waals surface area (Å²) in [5.41, 5.74) is -1.41. The lowest BCUT2D eigenvalue weighted by Gasteiger charge is -2.71. The van der Waals surface area contributed by atoms with Crippen LogP contribution in [-0.4, -0.2) is 274 Å².